The first kappa shape index (κ1) is 23.5. The zero-order valence-corrected chi connectivity index (χ0v) is 19.7. The summed E-state index contributed by atoms with van der Waals surface area (Å²) < 4.78 is 17.4. The van der Waals surface area contributed by atoms with Gasteiger partial charge < -0.3 is 19.3 Å². The summed E-state index contributed by atoms with van der Waals surface area (Å²) in [4.78, 5) is 0. The van der Waals surface area contributed by atoms with Gasteiger partial charge in [-0.2, -0.15) is 0 Å². The van der Waals surface area contributed by atoms with E-state index >= 15 is 0 Å². The van der Waals surface area contributed by atoms with Gasteiger partial charge in [0, 0.05) is 11.6 Å². The highest BCUT2D eigenvalue weighted by Gasteiger charge is 2.32. The maximum atomic E-state index is 9.84. The topological polar surface area (TPSA) is 47.9 Å². The lowest BCUT2D eigenvalue weighted by Crippen LogP contribution is -2.25. The van der Waals surface area contributed by atoms with Crippen LogP contribution in [0.15, 0.2) is 78.9 Å². The molecule has 1 N–H and O–H groups in total. The minimum atomic E-state index is -0.559. The van der Waals surface area contributed by atoms with Crippen molar-refractivity contribution in [1.29, 1.82) is 0 Å². The molecule has 172 valence electrons. The van der Waals surface area contributed by atoms with Crippen molar-refractivity contribution in [2.75, 3.05) is 19.8 Å². The molecule has 4 rings (SSSR count). The first-order valence-corrected chi connectivity index (χ1v) is 11.5. The number of ether oxygens (including phenoxy) is 3. The SMILES string of the molecule is CC1(C)OCC(COc2ccc(C(=C(CCO)c3ccccc3)c3ccc(Cl)cc3)cc2)O1. The van der Waals surface area contributed by atoms with Crippen molar-refractivity contribution in [2.45, 2.75) is 32.2 Å². The highest BCUT2D eigenvalue weighted by Crippen LogP contribution is 2.35. The van der Waals surface area contributed by atoms with E-state index in [1.54, 1.807) is 0 Å². The normalized spacial score (nSPS) is 18.1. The van der Waals surface area contributed by atoms with Crippen LogP contribution in [0, 0.1) is 0 Å². The molecule has 3 aromatic rings. The molecule has 0 spiro atoms. The molecule has 0 aliphatic carbocycles. The zero-order chi connectivity index (χ0) is 23.3. The highest BCUT2D eigenvalue weighted by atomic mass is 35.5. The van der Waals surface area contributed by atoms with Gasteiger partial charge in [0.25, 0.3) is 0 Å². The maximum Gasteiger partial charge on any atom is 0.163 e. The molecule has 5 heteroatoms. The first-order chi connectivity index (χ1) is 15.9. The number of rotatable bonds is 8. The second-order valence-electron chi connectivity index (χ2n) is 8.49. The van der Waals surface area contributed by atoms with Crippen LogP contribution in [-0.4, -0.2) is 36.8 Å². The van der Waals surface area contributed by atoms with E-state index < -0.39 is 5.79 Å². The van der Waals surface area contributed by atoms with Crippen molar-refractivity contribution in [3.63, 3.8) is 0 Å². The third-order valence-electron chi connectivity index (χ3n) is 5.56. The summed E-state index contributed by atoms with van der Waals surface area (Å²) in [6.07, 6.45) is 0.452. The van der Waals surface area contributed by atoms with Crippen molar-refractivity contribution >= 4 is 22.7 Å². The Morgan fingerprint density at radius 2 is 1.58 bits per heavy atom. The highest BCUT2D eigenvalue weighted by molar-refractivity contribution is 6.30. The number of benzene rings is 3. The second-order valence-corrected chi connectivity index (χ2v) is 8.92. The van der Waals surface area contributed by atoms with Crippen LogP contribution in [0.2, 0.25) is 5.02 Å². The zero-order valence-electron chi connectivity index (χ0n) is 19.0. The van der Waals surface area contributed by atoms with Crippen LogP contribution in [0.3, 0.4) is 0 Å². The molecular formula is C28H29ClO4. The van der Waals surface area contributed by atoms with E-state index in [0.717, 1.165) is 33.6 Å². The molecule has 4 nitrogen and oxygen atoms in total. The molecule has 1 fully saturated rings. The van der Waals surface area contributed by atoms with E-state index in [9.17, 15) is 5.11 Å². The predicted molar refractivity (Wildman–Crippen MR) is 132 cm³/mol. The van der Waals surface area contributed by atoms with Crippen LogP contribution >= 0.6 is 11.6 Å². The van der Waals surface area contributed by atoms with Gasteiger partial charge in [0.15, 0.2) is 5.79 Å². The van der Waals surface area contributed by atoms with Crippen molar-refractivity contribution in [2.24, 2.45) is 0 Å². The van der Waals surface area contributed by atoms with E-state index in [1.165, 1.54) is 0 Å². The summed E-state index contributed by atoms with van der Waals surface area (Å²) in [7, 11) is 0. The fourth-order valence-corrected chi connectivity index (χ4v) is 4.17. The van der Waals surface area contributed by atoms with Crippen LogP contribution in [0.4, 0.5) is 0 Å². The van der Waals surface area contributed by atoms with Crippen LogP contribution in [0.1, 0.15) is 37.0 Å². The van der Waals surface area contributed by atoms with E-state index in [4.69, 9.17) is 25.8 Å². The molecule has 3 aromatic carbocycles. The van der Waals surface area contributed by atoms with Crippen LogP contribution < -0.4 is 4.74 Å². The number of hydrogen-bond donors (Lipinski definition) is 1. The van der Waals surface area contributed by atoms with Gasteiger partial charge >= 0.3 is 0 Å². The summed E-state index contributed by atoms with van der Waals surface area (Å²) >= 11 is 6.16. The average Bonchev–Trinajstić information content (AvgIpc) is 3.18. The first-order valence-electron chi connectivity index (χ1n) is 11.2. The van der Waals surface area contributed by atoms with Gasteiger partial charge in [0.2, 0.25) is 0 Å². The molecule has 1 atom stereocenters. The van der Waals surface area contributed by atoms with Gasteiger partial charge in [-0.3, -0.25) is 0 Å². The molecule has 1 heterocycles. The average molecular weight is 465 g/mol. The Labute approximate surface area is 200 Å². The van der Waals surface area contributed by atoms with Crippen molar-refractivity contribution in [3.05, 3.63) is 101 Å². The number of aliphatic hydroxyl groups is 1. The molecule has 1 aliphatic rings. The lowest BCUT2D eigenvalue weighted by Gasteiger charge is -2.18. The lowest BCUT2D eigenvalue weighted by molar-refractivity contribution is -0.141. The van der Waals surface area contributed by atoms with Crippen LogP contribution in [0.25, 0.3) is 11.1 Å². The van der Waals surface area contributed by atoms with E-state index in [1.807, 2.05) is 68.4 Å². The van der Waals surface area contributed by atoms with Gasteiger partial charge in [-0.1, -0.05) is 66.2 Å². The predicted octanol–water partition coefficient (Wildman–Crippen LogP) is 6.21. The second kappa shape index (κ2) is 10.5. The summed E-state index contributed by atoms with van der Waals surface area (Å²) in [5.41, 5.74) is 5.30. The Morgan fingerprint density at radius 3 is 2.15 bits per heavy atom. The summed E-state index contributed by atoms with van der Waals surface area (Å²) in [6.45, 7) is 4.83. The molecule has 1 aliphatic heterocycles. The van der Waals surface area contributed by atoms with E-state index in [0.29, 0.717) is 24.7 Å². The molecule has 0 saturated carbocycles. The van der Waals surface area contributed by atoms with E-state index in [-0.39, 0.29) is 12.7 Å². The fraction of sp³-hybridized carbons (Fsp3) is 0.286. The minimum absolute atomic E-state index is 0.0579. The largest absolute Gasteiger partial charge is 0.491 e. The summed E-state index contributed by atoms with van der Waals surface area (Å²) in [5.74, 6) is 0.211. The summed E-state index contributed by atoms with van der Waals surface area (Å²) in [5, 5.41) is 10.5. The number of aliphatic hydroxyl groups excluding tert-OH is 1. The Kier molecular flexibility index (Phi) is 7.51. The van der Waals surface area contributed by atoms with Crippen molar-refractivity contribution in [1.82, 2.24) is 0 Å². The van der Waals surface area contributed by atoms with Crippen LogP contribution in [0.5, 0.6) is 5.75 Å². The van der Waals surface area contributed by atoms with Gasteiger partial charge in [-0.25, -0.2) is 0 Å². The standard InChI is InChI=1S/C28H29ClO4/c1-28(2)32-19-25(33-28)18-31-24-14-10-22(11-15-24)27(21-8-12-23(29)13-9-21)26(16-17-30)20-6-4-3-5-7-20/h3-15,25,30H,16-19H2,1-2H3. The van der Waals surface area contributed by atoms with Crippen LogP contribution in [-0.2, 0) is 9.47 Å². The van der Waals surface area contributed by atoms with Crippen molar-refractivity contribution < 1.29 is 19.3 Å². The molecule has 0 radical (unpaired) electrons. The van der Waals surface area contributed by atoms with Gasteiger partial charge in [0.1, 0.15) is 18.5 Å². The summed E-state index contributed by atoms with van der Waals surface area (Å²) in [6, 6.07) is 26.0. The van der Waals surface area contributed by atoms with Crippen molar-refractivity contribution in [3.8, 4) is 5.75 Å². The third-order valence-corrected chi connectivity index (χ3v) is 5.82. The Bertz CT molecular complexity index is 1070. The Balaban J connectivity index is 1.65. The Hall–Kier alpha value is -2.63. The monoisotopic (exact) mass is 464 g/mol. The molecule has 33 heavy (non-hydrogen) atoms. The minimum Gasteiger partial charge on any atom is -0.491 e. The lowest BCUT2D eigenvalue weighted by atomic mass is 9.88. The van der Waals surface area contributed by atoms with Gasteiger partial charge in [0.05, 0.1) is 6.61 Å². The molecule has 1 unspecified atom stereocenters. The molecule has 0 bridgehead atoms. The quantitative estimate of drug-likeness (QED) is 0.402. The smallest absolute Gasteiger partial charge is 0.163 e. The van der Waals surface area contributed by atoms with Gasteiger partial charge in [-0.15, -0.1) is 0 Å². The van der Waals surface area contributed by atoms with E-state index in [2.05, 4.69) is 24.3 Å². The number of halogens is 1. The fourth-order valence-electron chi connectivity index (χ4n) is 4.05. The third kappa shape index (κ3) is 6.04. The molecule has 1 saturated heterocycles. The number of hydrogen-bond acceptors (Lipinski definition) is 4. The molecular weight excluding hydrogens is 436 g/mol. The maximum absolute atomic E-state index is 9.84. The molecule has 0 aromatic heterocycles. The van der Waals surface area contributed by atoms with Gasteiger partial charge in [-0.05, 0) is 72.4 Å². The molecule has 0 amide bonds. The Morgan fingerprint density at radius 1 is 0.939 bits per heavy atom.